The number of nitrogens with one attached hydrogen (secondary N) is 1. The second-order valence-corrected chi connectivity index (χ2v) is 7.09. The Morgan fingerprint density at radius 1 is 1.15 bits per heavy atom. The maximum absolute atomic E-state index is 12.1. The van der Waals surface area contributed by atoms with E-state index in [-0.39, 0.29) is 5.91 Å². The van der Waals surface area contributed by atoms with Gasteiger partial charge in [-0.1, -0.05) is 30.3 Å². The third-order valence-electron chi connectivity index (χ3n) is 5.23. The first-order chi connectivity index (χ1) is 12.6. The van der Waals surface area contributed by atoms with E-state index in [9.17, 15) is 4.79 Å². The van der Waals surface area contributed by atoms with Crippen LogP contribution in [0.3, 0.4) is 0 Å². The Balaban J connectivity index is 1.53. The Morgan fingerprint density at radius 3 is 2.65 bits per heavy atom. The molecule has 1 N–H and O–H groups in total. The minimum atomic E-state index is -0.434. The van der Waals surface area contributed by atoms with Crippen molar-refractivity contribution in [1.29, 1.82) is 0 Å². The van der Waals surface area contributed by atoms with Crippen LogP contribution in [0.1, 0.15) is 30.2 Å². The predicted octanol–water partition coefficient (Wildman–Crippen LogP) is 3.90. The molecule has 26 heavy (non-hydrogen) atoms. The molecule has 0 spiro atoms. The molecule has 2 heterocycles. The van der Waals surface area contributed by atoms with Crippen LogP contribution in [-0.2, 0) is 16.8 Å². The summed E-state index contributed by atoms with van der Waals surface area (Å²) < 4.78 is 6.00. The number of hydrogen-bond donors (Lipinski definition) is 1. The first-order valence-electron chi connectivity index (χ1n) is 8.93. The van der Waals surface area contributed by atoms with E-state index in [0.717, 1.165) is 46.4 Å². The van der Waals surface area contributed by atoms with E-state index in [1.165, 1.54) is 0 Å². The molecule has 1 aliphatic rings. The minimum absolute atomic E-state index is 0.102. The molecule has 4 heteroatoms. The number of aryl methyl sites for hydroxylation is 1. The number of pyridine rings is 1. The molecule has 0 saturated carbocycles. The van der Waals surface area contributed by atoms with Crippen LogP contribution < -0.4 is 10.1 Å². The van der Waals surface area contributed by atoms with Crippen LogP contribution in [0, 0.1) is 6.92 Å². The molecule has 1 unspecified atom stereocenters. The first-order valence-corrected chi connectivity index (χ1v) is 8.93. The Labute approximate surface area is 153 Å². The van der Waals surface area contributed by atoms with E-state index in [4.69, 9.17) is 4.74 Å². The lowest BCUT2D eigenvalue weighted by Crippen LogP contribution is -2.32. The van der Waals surface area contributed by atoms with Gasteiger partial charge >= 0.3 is 0 Å². The average molecular weight is 346 g/mol. The van der Waals surface area contributed by atoms with Crippen LogP contribution in [0.4, 0.5) is 0 Å². The van der Waals surface area contributed by atoms with Crippen LogP contribution in [0.2, 0.25) is 0 Å². The monoisotopic (exact) mass is 346 g/mol. The van der Waals surface area contributed by atoms with Crippen molar-refractivity contribution in [1.82, 2.24) is 10.3 Å². The molecule has 1 aliphatic heterocycles. The van der Waals surface area contributed by atoms with Gasteiger partial charge in [0, 0.05) is 23.2 Å². The van der Waals surface area contributed by atoms with Gasteiger partial charge in [-0.2, -0.15) is 0 Å². The molecule has 4 nitrogen and oxygen atoms in total. The third kappa shape index (κ3) is 2.92. The minimum Gasteiger partial charge on any atom is -0.489 e. The summed E-state index contributed by atoms with van der Waals surface area (Å²) in [6.45, 7) is 5.22. The molecular formula is C22H22N2O2. The molecule has 4 rings (SSSR count). The second-order valence-electron chi connectivity index (χ2n) is 7.09. The number of carbonyl (C=O) groups is 1. The van der Waals surface area contributed by atoms with Crippen LogP contribution >= 0.6 is 0 Å². The fraction of sp³-hybridized carbons (Fsp3) is 0.273. The summed E-state index contributed by atoms with van der Waals surface area (Å²) in [5.74, 6) is 0.902. The normalized spacial score (nSPS) is 19.5. The van der Waals surface area contributed by atoms with Crippen molar-refractivity contribution in [2.75, 3.05) is 6.54 Å². The van der Waals surface area contributed by atoms with Gasteiger partial charge in [0.05, 0.1) is 10.9 Å². The first kappa shape index (κ1) is 16.6. The lowest BCUT2D eigenvalue weighted by atomic mass is 9.81. The highest BCUT2D eigenvalue weighted by Crippen LogP contribution is 2.32. The van der Waals surface area contributed by atoms with E-state index < -0.39 is 5.41 Å². The molecule has 2 aromatic carbocycles. The van der Waals surface area contributed by atoms with Gasteiger partial charge in [0.1, 0.15) is 12.4 Å². The van der Waals surface area contributed by atoms with E-state index in [1.54, 1.807) is 0 Å². The van der Waals surface area contributed by atoms with Crippen molar-refractivity contribution < 1.29 is 9.53 Å². The molecule has 1 amide bonds. The zero-order valence-electron chi connectivity index (χ0n) is 15.1. The lowest BCUT2D eigenvalue weighted by molar-refractivity contribution is -0.123. The van der Waals surface area contributed by atoms with Crippen molar-refractivity contribution in [3.05, 3.63) is 71.4 Å². The maximum Gasteiger partial charge on any atom is 0.230 e. The van der Waals surface area contributed by atoms with E-state index in [2.05, 4.69) is 22.4 Å². The molecule has 0 bridgehead atoms. The number of rotatable bonds is 4. The van der Waals surface area contributed by atoms with Gasteiger partial charge in [-0.15, -0.1) is 0 Å². The SMILES string of the molecule is Cc1cc(COc2ccc(C3(C)CCNC3=O)cc2)c2ccccc2n1. The van der Waals surface area contributed by atoms with Crippen molar-refractivity contribution in [3.63, 3.8) is 0 Å². The van der Waals surface area contributed by atoms with Crippen molar-refractivity contribution >= 4 is 16.8 Å². The molecule has 132 valence electrons. The van der Waals surface area contributed by atoms with Gasteiger partial charge in [-0.3, -0.25) is 9.78 Å². The number of hydrogen-bond acceptors (Lipinski definition) is 3. The number of amides is 1. The fourth-order valence-corrected chi connectivity index (χ4v) is 3.60. The number of fused-ring (bicyclic) bond motifs is 1. The molecule has 1 fully saturated rings. The standard InChI is InChI=1S/C22H22N2O2/c1-15-13-16(19-5-3-4-6-20(19)24-15)14-26-18-9-7-17(8-10-18)22(2)11-12-23-21(22)25/h3-10,13H,11-12,14H2,1-2H3,(H,23,25). The molecule has 1 atom stereocenters. The summed E-state index contributed by atoms with van der Waals surface area (Å²) in [4.78, 5) is 16.7. The van der Waals surface area contributed by atoms with E-state index in [1.807, 2.05) is 56.3 Å². The highest BCUT2D eigenvalue weighted by atomic mass is 16.5. The van der Waals surface area contributed by atoms with E-state index in [0.29, 0.717) is 6.61 Å². The number of para-hydroxylation sites is 1. The van der Waals surface area contributed by atoms with Gasteiger partial charge in [0.2, 0.25) is 5.91 Å². The number of benzene rings is 2. The summed E-state index contributed by atoms with van der Waals surface area (Å²) in [7, 11) is 0. The number of carbonyl (C=O) groups excluding carboxylic acids is 1. The number of ether oxygens (including phenoxy) is 1. The Hall–Kier alpha value is -2.88. The predicted molar refractivity (Wildman–Crippen MR) is 102 cm³/mol. The van der Waals surface area contributed by atoms with Gasteiger partial charge in [0.25, 0.3) is 0 Å². The number of aromatic nitrogens is 1. The Kier molecular flexibility index (Phi) is 4.11. The smallest absolute Gasteiger partial charge is 0.230 e. The van der Waals surface area contributed by atoms with Crippen LogP contribution in [0.25, 0.3) is 10.9 Å². The molecule has 0 radical (unpaired) electrons. The largest absolute Gasteiger partial charge is 0.489 e. The summed E-state index contributed by atoms with van der Waals surface area (Å²) >= 11 is 0. The van der Waals surface area contributed by atoms with Gasteiger partial charge < -0.3 is 10.1 Å². The van der Waals surface area contributed by atoms with E-state index >= 15 is 0 Å². The van der Waals surface area contributed by atoms with Crippen molar-refractivity contribution in [2.45, 2.75) is 32.3 Å². The van der Waals surface area contributed by atoms with Gasteiger partial charge in [-0.05, 0) is 50.1 Å². The zero-order chi connectivity index (χ0) is 18.1. The molecular weight excluding hydrogens is 324 g/mol. The Bertz CT molecular complexity index is 966. The Morgan fingerprint density at radius 2 is 1.92 bits per heavy atom. The van der Waals surface area contributed by atoms with Crippen molar-refractivity contribution in [3.8, 4) is 5.75 Å². The number of nitrogens with zero attached hydrogens (tertiary/aromatic N) is 1. The van der Waals surface area contributed by atoms with Crippen LogP contribution in [0.15, 0.2) is 54.6 Å². The lowest BCUT2D eigenvalue weighted by Gasteiger charge is -2.21. The summed E-state index contributed by atoms with van der Waals surface area (Å²) in [5, 5.41) is 4.03. The topological polar surface area (TPSA) is 51.2 Å². The highest BCUT2D eigenvalue weighted by molar-refractivity contribution is 5.89. The fourth-order valence-electron chi connectivity index (χ4n) is 3.60. The molecule has 0 aliphatic carbocycles. The molecule has 3 aromatic rings. The van der Waals surface area contributed by atoms with Gasteiger partial charge in [-0.25, -0.2) is 0 Å². The zero-order valence-corrected chi connectivity index (χ0v) is 15.1. The molecule has 1 saturated heterocycles. The quantitative estimate of drug-likeness (QED) is 0.779. The summed E-state index contributed by atoms with van der Waals surface area (Å²) in [6, 6.07) is 18.1. The second kappa shape index (κ2) is 6.45. The summed E-state index contributed by atoms with van der Waals surface area (Å²) in [5.41, 5.74) is 3.69. The van der Waals surface area contributed by atoms with Crippen molar-refractivity contribution in [2.24, 2.45) is 0 Å². The third-order valence-corrected chi connectivity index (χ3v) is 5.23. The van der Waals surface area contributed by atoms with Crippen LogP contribution in [0.5, 0.6) is 5.75 Å². The maximum atomic E-state index is 12.1. The van der Waals surface area contributed by atoms with Gasteiger partial charge in [0.15, 0.2) is 0 Å². The van der Waals surface area contributed by atoms with Crippen LogP contribution in [-0.4, -0.2) is 17.4 Å². The molecule has 1 aromatic heterocycles. The highest BCUT2D eigenvalue weighted by Gasteiger charge is 2.39. The summed E-state index contributed by atoms with van der Waals surface area (Å²) in [6.07, 6.45) is 0.828. The average Bonchev–Trinajstić information content (AvgIpc) is 3.00.